The minimum absolute atomic E-state index is 0. The molecular weight excluding hydrogens is 391 g/mol. The molecule has 3 N–H and O–H groups in total. The van der Waals surface area contributed by atoms with Gasteiger partial charge in [-0.15, -0.1) is 24.0 Å². The zero-order valence-electron chi connectivity index (χ0n) is 13.2. The van der Waals surface area contributed by atoms with Crippen molar-refractivity contribution in [3.63, 3.8) is 0 Å². The van der Waals surface area contributed by atoms with E-state index in [1.54, 1.807) is 13.1 Å². The van der Waals surface area contributed by atoms with E-state index in [1.165, 1.54) is 12.8 Å². The fraction of sp³-hybridized carbons (Fsp3) is 0.500. The molecule has 0 aromatic heterocycles. The van der Waals surface area contributed by atoms with E-state index in [4.69, 9.17) is 5.73 Å². The maximum Gasteiger partial charge on any atom is 0.251 e. The summed E-state index contributed by atoms with van der Waals surface area (Å²) in [5.74, 6) is 1.19. The number of hydrogen-bond acceptors (Lipinski definition) is 2. The number of rotatable bonds is 3. The van der Waals surface area contributed by atoms with Crippen LogP contribution in [0.2, 0.25) is 0 Å². The summed E-state index contributed by atoms with van der Waals surface area (Å²) < 4.78 is 0. The molecule has 1 amide bonds. The number of hydrogen-bond donors (Lipinski definition) is 2. The smallest absolute Gasteiger partial charge is 0.251 e. The van der Waals surface area contributed by atoms with Gasteiger partial charge in [0.2, 0.25) is 0 Å². The number of carbonyl (C=O) groups is 1. The highest BCUT2D eigenvalue weighted by atomic mass is 127. The van der Waals surface area contributed by atoms with Gasteiger partial charge in [-0.2, -0.15) is 0 Å². The van der Waals surface area contributed by atoms with Crippen molar-refractivity contribution in [2.24, 2.45) is 16.6 Å². The Hall–Kier alpha value is -1.31. The molecule has 1 aliphatic heterocycles. The van der Waals surface area contributed by atoms with Gasteiger partial charge in [0, 0.05) is 25.7 Å². The predicted molar refractivity (Wildman–Crippen MR) is 101 cm³/mol. The first-order valence-corrected chi connectivity index (χ1v) is 7.46. The van der Waals surface area contributed by atoms with E-state index in [1.807, 2.05) is 18.2 Å². The molecule has 6 heteroatoms. The molecule has 1 aliphatic rings. The van der Waals surface area contributed by atoms with E-state index >= 15 is 0 Å². The van der Waals surface area contributed by atoms with E-state index in [-0.39, 0.29) is 29.9 Å². The van der Waals surface area contributed by atoms with Crippen LogP contribution >= 0.6 is 24.0 Å². The van der Waals surface area contributed by atoms with Crippen molar-refractivity contribution in [3.05, 3.63) is 35.4 Å². The van der Waals surface area contributed by atoms with Gasteiger partial charge in [0.25, 0.3) is 5.91 Å². The molecule has 1 heterocycles. The Morgan fingerprint density at radius 2 is 2.27 bits per heavy atom. The van der Waals surface area contributed by atoms with Crippen molar-refractivity contribution in [2.75, 3.05) is 20.1 Å². The van der Waals surface area contributed by atoms with Crippen LogP contribution in [0.3, 0.4) is 0 Å². The largest absolute Gasteiger partial charge is 0.370 e. The topological polar surface area (TPSA) is 70.7 Å². The Bertz CT molecular complexity index is 533. The molecule has 0 spiro atoms. The summed E-state index contributed by atoms with van der Waals surface area (Å²) in [7, 11) is 1.63. The molecule has 1 aromatic carbocycles. The van der Waals surface area contributed by atoms with Crippen LogP contribution in [0.5, 0.6) is 0 Å². The van der Waals surface area contributed by atoms with Gasteiger partial charge < -0.3 is 16.0 Å². The minimum Gasteiger partial charge on any atom is -0.370 e. The maximum atomic E-state index is 11.6. The van der Waals surface area contributed by atoms with Crippen LogP contribution in [0.15, 0.2) is 29.3 Å². The van der Waals surface area contributed by atoms with E-state index < -0.39 is 0 Å². The molecule has 1 fully saturated rings. The van der Waals surface area contributed by atoms with Crippen LogP contribution < -0.4 is 11.1 Å². The van der Waals surface area contributed by atoms with E-state index in [0.29, 0.717) is 24.0 Å². The van der Waals surface area contributed by atoms with Gasteiger partial charge in [-0.1, -0.05) is 19.1 Å². The number of halogens is 1. The number of nitrogens with one attached hydrogen (secondary N) is 1. The summed E-state index contributed by atoms with van der Waals surface area (Å²) in [5.41, 5.74) is 7.72. The lowest BCUT2D eigenvalue weighted by Crippen LogP contribution is -2.43. The summed E-state index contributed by atoms with van der Waals surface area (Å²) in [6.07, 6.45) is 2.43. The van der Waals surface area contributed by atoms with Gasteiger partial charge in [0.1, 0.15) is 0 Å². The molecule has 0 bridgehead atoms. The van der Waals surface area contributed by atoms with Gasteiger partial charge in [0.05, 0.1) is 6.54 Å². The number of likely N-dealkylation sites (tertiary alicyclic amines) is 1. The fourth-order valence-corrected chi connectivity index (χ4v) is 2.63. The highest BCUT2D eigenvalue weighted by molar-refractivity contribution is 14.0. The zero-order chi connectivity index (χ0) is 15.2. The molecule has 22 heavy (non-hydrogen) atoms. The molecule has 5 nitrogen and oxygen atoms in total. The minimum atomic E-state index is -0.0846. The monoisotopic (exact) mass is 416 g/mol. The van der Waals surface area contributed by atoms with Crippen molar-refractivity contribution in [2.45, 2.75) is 26.3 Å². The third-order valence-electron chi connectivity index (χ3n) is 3.82. The molecular formula is C16H25IN4O. The van der Waals surface area contributed by atoms with Gasteiger partial charge in [-0.25, -0.2) is 4.99 Å². The summed E-state index contributed by atoms with van der Waals surface area (Å²) in [4.78, 5) is 18.2. The standard InChI is InChI=1S/C16H24N4O.HI/c1-12-5-4-8-20(11-12)16(17)19-10-13-6-3-7-14(9-13)15(21)18-2;/h3,6-7,9,12H,4-5,8,10-11H2,1-2H3,(H2,17,19)(H,18,21);1H. The Kier molecular flexibility index (Phi) is 7.64. The van der Waals surface area contributed by atoms with Crippen LogP contribution in [0.4, 0.5) is 0 Å². The lowest BCUT2D eigenvalue weighted by atomic mass is 10.0. The van der Waals surface area contributed by atoms with E-state index in [9.17, 15) is 4.79 Å². The number of carbonyl (C=O) groups excluding carboxylic acids is 1. The van der Waals surface area contributed by atoms with Crippen molar-refractivity contribution >= 4 is 35.8 Å². The third-order valence-corrected chi connectivity index (χ3v) is 3.82. The number of nitrogens with two attached hydrogens (primary N) is 1. The molecule has 1 unspecified atom stereocenters. The molecule has 1 aromatic rings. The summed E-state index contributed by atoms with van der Waals surface area (Å²) in [6.45, 7) is 4.71. The first-order valence-electron chi connectivity index (χ1n) is 7.46. The van der Waals surface area contributed by atoms with Gasteiger partial charge >= 0.3 is 0 Å². The number of nitrogens with zero attached hydrogens (tertiary/aromatic N) is 2. The summed E-state index contributed by atoms with van der Waals surface area (Å²) >= 11 is 0. The van der Waals surface area contributed by atoms with Gasteiger partial charge in [-0.05, 0) is 36.5 Å². The summed E-state index contributed by atoms with van der Waals surface area (Å²) in [5, 5.41) is 2.62. The second-order valence-electron chi connectivity index (χ2n) is 5.65. The van der Waals surface area contributed by atoms with Crippen molar-refractivity contribution in [1.29, 1.82) is 0 Å². The number of piperidine rings is 1. The number of aliphatic imine (C=N–C) groups is 1. The Balaban J connectivity index is 0.00000242. The number of amides is 1. The normalized spacial score (nSPS) is 18.5. The highest BCUT2D eigenvalue weighted by Gasteiger charge is 2.17. The van der Waals surface area contributed by atoms with Crippen molar-refractivity contribution < 1.29 is 4.79 Å². The maximum absolute atomic E-state index is 11.6. The Morgan fingerprint density at radius 1 is 1.50 bits per heavy atom. The quantitative estimate of drug-likeness (QED) is 0.451. The summed E-state index contributed by atoms with van der Waals surface area (Å²) in [6, 6.07) is 7.48. The average Bonchev–Trinajstić information content (AvgIpc) is 2.52. The molecule has 1 atom stereocenters. The Morgan fingerprint density at radius 3 is 2.95 bits per heavy atom. The van der Waals surface area contributed by atoms with Gasteiger partial charge in [-0.3, -0.25) is 4.79 Å². The molecule has 0 saturated carbocycles. The van der Waals surface area contributed by atoms with Crippen LogP contribution in [-0.2, 0) is 6.54 Å². The first-order chi connectivity index (χ1) is 10.1. The lowest BCUT2D eigenvalue weighted by molar-refractivity contribution is 0.0963. The first kappa shape index (κ1) is 18.7. The molecule has 2 rings (SSSR count). The van der Waals surface area contributed by atoms with E-state index in [0.717, 1.165) is 18.7 Å². The van der Waals surface area contributed by atoms with Crippen molar-refractivity contribution in [3.8, 4) is 0 Å². The average molecular weight is 416 g/mol. The van der Waals surface area contributed by atoms with Crippen LogP contribution in [0, 0.1) is 5.92 Å². The van der Waals surface area contributed by atoms with Crippen molar-refractivity contribution in [1.82, 2.24) is 10.2 Å². The Labute approximate surface area is 149 Å². The third kappa shape index (κ3) is 5.15. The lowest BCUT2D eigenvalue weighted by Gasteiger charge is -2.31. The predicted octanol–water partition coefficient (Wildman–Crippen LogP) is 2.21. The van der Waals surface area contributed by atoms with Crippen LogP contribution in [0.25, 0.3) is 0 Å². The van der Waals surface area contributed by atoms with E-state index in [2.05, 4.69) is 22.1 Å². The number of guanidine groups is 1. The fourth-order valence-electron chi connectivity index (χ4n) is 2.63. The second-order valence-corrected chi connectivity index (χ2v) is 5.65. The molecule has 0 aliphatic carbocycles. The van der Waals surface area contributed by atoms with Gasteiger partial charge in [0.15, 0.2) is 5.96 Å². The van der Waals surface area contributed by atoms with Crippen LogP contribution in [-0.4, -0.2) is 36.9 Å². The van der Waals surface area contributed by atoms with Crippen LogP contribution in [0.1, 0.15) is 35.7 Å². The highest BCUT2D eigenvalue weighted by Crippen LogP contribution is 2.15. The number of benzene rings is 1. The SMILES string of the molecule is CNC(=O)c1cccc(CN=C(N)N2CCCC(C)C2)c1.I. The second kappa shape index (κ2) is 8.97. The molecule has 122 valence electrons. The zero-order valence-corrected chi connectivity index (χ0v) is 15.5. The molecule has 1 saturated heterocycles. The molecule has 0 radical (unpaired) electrons.